The minimum Gasteiger partial charge on any atom is -0.399 e. The number of hydrogen-bond acceptors (Lipinski definition) is 4. The van der Waals surface area contributed by atoms with Gasteiger partial charge in [-0.3, -0.25) is 0 Å². The highest BCUT2D eigenvalue weighted by Gasteiger charge is 2.11. The van der Waals surface area contributed by atoms with Crippen LogP contribution in [0.5, 0.6) is 0 Å². The summed E-state index contributed by atoms with van der Waals surface area (Å²) >= 11 is 5.97. The number of nitrogens with two attached hydrogens (primary N) is 1. The van der Waals surface area contributed by atoms with Gasteiger partial charge in [-0.15, -0.1) is 5.10 Å². The Morgan fingerprint density at radius 3 is 2.76 bits per heavy atom. The Morgan fingerprint density at radius 1 is 1.35 bits per heavy atom. The average Bonchev–Trinajstić information content (AvgIpc) is 2.63. The minimum absolute atomic E-state index is 0.466. The van der Waals surface area contributed by atoms with Gasteiger partial charge in [-0.05, 0) is 34.5 Å². The molecule has 1 heterocycles. The molecule has 0 spiro atoms. The maximum atomic E-state index is 5.97. The van der Waals surface area contributed by atoms with Gasteiger partial charge in [-0.1, -0.05) is 25.4 Å². The van der Waals surface area contributed by atoms with Gasteiger partial charge in [0.2, 0.25) is 0 Å². The van der Waals surface area contributed by atoms with Crippen LogP contribution in [0.1, 0.15) is 13.8 Å². The molecule has 0 amide bonds. The molecular formula is C11H14ClN5. The van der Waals surface area contributed by atoms with Crippen molar-refractivity contribution in [1.29, 1.82) is 0 Å². The zero-order valence-electron chi connectivity index (χ0n) is 9.76. The maximum absolute atomic E-state index is 5.97. The number of benzene rings is 1. The van der Waals surface area contributed by atoms with E-state index in [1.165, 1.54) is 0 Å². The van der Waals surface area contributed by atoms with Crippen LogP contribution in [0.2, 0.25) is 5.02 Å². The summed E-state index contributed by atoms with van der Waals surface area (Å²) in [6, 6.07) is 5.32. The van der Waals surface area contributed by atoms with Crippen molar-refractivity contribution in [3.05, 3.63) is 23.2 Å². The second-order valence-electron chi connectivity index (χ2n) is 4.35. The average molecular weight is 252 g/mol. The van der Waals surface area contributed by atoms with Crippen LogP contribution in [0.15, 0.2) is 18.2 Å². The van der Waals surface area contributed by atoms with Crippen molar-refractivity contribution in [2.75, 3.05) is 5.73 Å². The fraction of sp³-hybridized carbons (Fsp3) is 0.364. The van der Waals surface area contributed by atoms with Crippen LogP contribution in [0.3, 0.4) is 0 Å². The molecule has 0 aliphatic rings. The van der Waals surface area contributed by atoms with Crippen molar-refractivity contribution < 1.29 is 0 Å². The Kier molecular flexibility index (Phi) is 3.28. The van der Waals surface area contributed by atoms with Crippen molar-refractivity contribution in [2.24, 2.45) is 5.92 Å². The van der Waals surface area contributed by atoms with Crippen LogP contribution in [-0.4, -0.2) is 20.2 Å². The van der Waals surface area contributed by atoms with E-state index in [1.807, 2.05) is 6.07 Å². The Balaban J connectivity index is 2.42. The quantitative estimate of drug-likeness (QED) is 0.850. The lowest BCUT2D eigenvalue weighted by Gasteiger charge is -2.07. The van der Waals surface area contributed by atoms with Crippen LogP contribution < -0.4 is 5.73 Å². The first kappa shape index (κ1) is 11.9. The molecule has 0 saturated heterocycles. The normalized spacial score (nSPS) is 11.1. The summed E-state index contributed by atoms with van der Waals surface area (Å²) in [7, 11) is 0. The first-order valence-corrected chi connectivity index (χ1v) is 5.76. The van der Waals surface area contributed by atoms with Crippen LogP contribution in [0.4, 0.5) is 5.69 Å². The highest BCUT2D eigenvalue weighted by atomic mass is 35.5. The molecule has 90 valence electrons. The van der Waals surface area contributed by atoms with Gasteiger partial charge in [0, 0.05) is 22.8 Å². The van der Waals surface area contributed by atoms with Crippen LogP contribution in [-0.2, 0) is 6.54 Å². The summed E-state index contributed by atoms with van der Waals surface area (Å²) < 4.78 is 1.76. The van der Waals surface area contributed by atoms with Crippen molar-refractivity contribution >= 4 is 17.3 Å². The molecule has 17 heavy (non-hydrogen) atoms. The van der Waals surface area contributed by atoms with Crippen LogP contribution in [0, 0.1) is 5.92 Å². The smallest absolute Gasteiger partial charge is 0.182 e. The van der Waals surface area contributed by atoms with E-state index in [0.29, 0.717) is 22.5 Å². The minimum atomic E-state index is 0.466. The van der Waals surface area contributed by atoms with Crippen molar-refractivity contribution in [3.63, 3.8) is 0 Å². The summed E-state index contributed by atoms with van der Waals surface area (Å²) in [6.45, 7) is 4.98. The van der Waals surface area contributed by atoms with E-state index in [1.54, 1.807) is 16.8 Å². The predicted molar refractivity (Wildman–Crippen MR) is 67.5 cm³/mol. The summed E-state index contributed by atoms with van der Waals surface area (Å²) in [5, 5.41) is 12.2. The molecular weight excluding hydrogens is 238 g/mol. The lowest BCUT2D eigenvalue weighted by Crippen LogP contribution is -2.08. The second kappa shape index (κ2) is 4.71. The molecule has 0 saturated carbocycles. The molecule has 0 atom stereocenters. The molecule has 1 aromatic heterocycles. The number of rotatable bonds is 3. The first-order valence-electron chi connectivity index (χ1n) is 5.39. The number of tetrazole rings is 1. The van der Waals surface area contributed by atoms with Gasteiger partial charge in [0.15, 0.2) is 5.82 Å². The standard InChI is InChI=1S/C11H14ClN5/c1-7(2)6-17-11(14-15-16-17)8-3-9(12)5-10(13)4-8/h3-5,7H,6,13H2,1-2H3. The number of nitrogen functional groups attached to an aromatic ring is 1. The first-order chi connectivity index (χ1) is 8.06. The second-order valence-corrected chi connectivity index (χ2v) is 4.79. The summed E-state index contributed by atoms with van der Waals surface area (Å²) in [4.78, 5) is 0. The largest absolute Gasteiger partial charge is 0.399 e. The third-order valence-electron chi connectivity index (χ3n) is 2.25. The third-order valence-corrected chi connectivity index (χ3v) is 2.47. The van der Waals surface area contributed by atoms with E-state index in [2.05, 4.69) is 29.4 Å². The molecule has 5 nitrogen and oxygen atoms in total. The third kappa shape index (κ3) is 2.74. The lowest BCUT2D eigenvalue weighted by atomic mass is 10.2. The molecule has 0 unspecified atom stereocenters. The molecule has 2 aromatic rings. The highest BCUT2D eigenvalue weighted by molar-refractivity contribution is 6.31. The number of aromatic nitrogens is 4. The lowest BCUT2D eigenvalue weighted by molar-refractivity contribution is 0.475. The fourth-order valence-electron chi connectivity index (χ4n) is 1.62. The molecule has 1 aromatic carbocycles. The molecule has 2 rings (SSSR count). The number of anilines is 1. The zero-order valence-corrected chi connectivity index (χ0v) is 10.5. The van der Waals surface area contributed by atoms with Gasteiger partial charge >= 0.3 is 0 Å². The monoisotopic (exact) mass is 251 g/mol. The van der Waals surface area contributed by atoms with Gasteiger partial charge < -0.3 is 5.73 Å². The van der Waals surface area contributed by atoms with E-state index in [9.17, 15) is 0 Å². The van der Waals surface area contributed by atoms with E-state index in [4.69, 9.17) is 17.3 Å². The van der Waals surface area contributed by atoms with Crippen molar-refractivity contribution in [1.82, 2.24) is 20.2 Å². The number of nitrogens with zero attached hydrogens (tertiary/aromatic N) is 4. The predicted octanol–water partition coefficient (Wildman–Crippen LogP) is 2.23. The van der Waals surface area contributed by atoms with E-state index in [0.717, 1.165) is 12.1 Å². The van der Waals surface area contributed by atoms with Crippen LogP contribution in [0.25, 0.3) is 11.4 Å². The van der Waals surface area contributed by atoms with E-state index in [-0.39, 0.29) is 0 Å². The van der Waals surface area contributed by atoms with Gasteiger partial charge in [-0.2, -0.15) is 0 Å². The Labute approximate surface area is 105 Å². The number of hydrogen-bond donors (Lipinski definition) is 1. The Bertz CT molecular complexity index is 500. The van der Waals surface area contributed by atoms with E-state index < -0.39 is 0 Å². The van der Waals surface area contributed by atoms with E-state index >= 15 is 0 Å². The fourth-order valence-corrected chi connectivity index (χ4v) is 1.87. The highest BCUT2D eigenvalue weighted by Crippen LogP contribution is 2.24. The topological polar surface area (TPSA) is 69.6 Å². The van der Waals surface area contributed by atoms with Crippen molar-refractivity contribution in [3.8, 4) is 11.4 Å². The summed E-state index contributed by atoms with van der Waals surface area (Å²) in [6.07, 6.45) is 0. The number of halogens is 1. The van der Waals surface area contributed by atoms with Gasteiger partial charge in [0.1, 0.15) is 0 Å². The SMILES string of the molecule is CC(C)Cn1nnnc1-c1cc(N)cc(Cl)c1. The summed E-state index contributed by atoms with van der Waals surface area (Å²) in [5.41, 5.74) is 7.19. The molecule has 0 radical (unpaired) electrons. The molecule has 2 N–H and O–H groups in total. The summed E-state index contributed by atoms with van der Waals surface area (Å²) in [5.74, 6) is 1.15. The van der Waals surface area contributed by atoms with Gasteiger partial charge in [-0.25, -0.2) is 4.68 Å². The molecule has 0 aliphatic heterocycles. The molecule has 0 bridgehead atoms. The molecule has 0 aliphatic carbocycles. The van der Waals surface area contributed by atoms with Crippen molar-refractivity contribution in [2.45, 2.75) is 20.4 Å². The van der Waals surface area contributed by atoms with Gasteiger partial charge in [0.25, 0.3) is 0 Å². The van der Waals surface area contributed by atoms with Gasteiger partial charge in [0.05, 0.1) is 0 Å². The Hall–Kier alpha value is -1.62. The molecule has 0 fully saturated rings. The Morgan fingerprint density at radius 2 is 2.12 bits per heavy atom. The maximum Gasteiger partial charge on any atom is 0.182 e. The van der Waals surface area contributed by atoms with Crippen LogP contribution >= 0.6 is 11.6 Å². The zero-order chi connectivity index (χ0) is 12.4. The molecule has 6 heteroatoms.